The molecule has 4 heteroatoms. The molecular weight excluding hydrogens is 278 g/mol. The normalized spacial score (nSPS) is 11.2. The SMILES string of the molecule is Cc1ccc(Sc2nc3ccccn3c2CCN)cc1C. The summed E-state index contributed by atoms with van der Waals surface area (Å²) in [4.78, 5) is 5.97. The Labute approximate surface area is 129 Å². The van der Waals surface area contributed by atoms with Crippen molar-refractivity contribution in [3.8, 4) is 0 Å². The molecule has 0 radical (unpaired) electrons. The van der Waals surface area contributed by atoms with Crippen LogP contribution in [-0.2, 0) is 6.42 Å². The average molecular weight is 297 g/mol. The van der Waals surface area contributed by atoms with Crippen LogP contribution in [0.1, 0.15) is 16.8 Å². The lowest BCUT2D eigenvalue weighted by molar-refractivity contribution is 0.876. The van der Waals surface area contributed by atoms with Crippen LogP contribution in [0.15, 0.2) is 52.5 Å². The number of imidazole rings is 1. The van der Waals surface area contributed by atoms with Crippen LogP contribution >= 0.6 is 11.8 Å². The standard InChI is InChI=1S/C17H19N3S/c1-12-6-7-14(11-13(12)2)21-17-15(8-9-18)20-10-4-3-5-16(20)19-17/h3-7,10-11H,8-9,18H2,1-2H3. The van der Waals surface area contributed by atoms with E-state index in [1.54, 1.807) is 11.8 Å². The van der Waals surface area contributed by atoms with Gasteiger partial charge in [0.1, 0.15) is 10.7 Å². The van der Waals surface area contributed by atoms with Gasteiger partial charge < -0.3 is 10.1 Å². The van der Waals surface area contributed by atoms with E-state index in [1.165, 1.54) is 21.7 Å². The van der Waals surface area contributed by atoms with Gasteiger partial charge >= 0.3 is 0 Å². The van der Waals surface area contributed by atoms with Crippen molar-refractivity contribution in [1.82, 2.24) is 9.38 Å². The van der Waals surface area contributed by atoms with E-state index in [9.17, 15) is 0 Å². The van der Waals surface area contributed by atoms with Crippen molar-refractivity contribution in [2.75, 3.05) is 6.54 Å². The lowest BCUT2D eigenvalue weighted by Crippen LogP contribution is -2.05. The van der Waals surface area contributed by atoms with Gasteiger partial charge in [0.05, 0.1) is 5.69 Å². The van der Waals surface area contributed by atoms with E-state index in [1.807, 2.05) is 18.2 Å². The van der Waals surface area contributed by atoms with Gasteiger partial charge in [-0.05, 0) is 55.8 Å². The molecule has 3 aromatic rings. The van der Waals surface area contributed by atoms with Crippen molar-refractivity contribution in [2.24, 2.45) is 5.73 Å². The monoisotopic (exact) mass is 297 g/mol. The molecule has 2 heterocycles. The molecule has 0 aliphatic heterocycles. The van der Waals surface area contributed by atoms with E-state index in [2.05, 4.69) is 42.6 Å². The van der Waals surface area contributed by atoms with Crippen LogP contribution in [0, 0.1) is 13.8 Å². The summed E-state index contributed by atoms with van der Waals surface area (Å²) in [7, 11) is 0. The molecule has 3 rings (SSSR count). The summed E-state index contributed by atoms with van der Waals surface area (Å²) in [5.41, 5.74) is 10.6. The smallest absolute Gasteiger partial charge is 0.138 e. The Morgan fingerprint density at radius 2 is 2.00 bits per heavy atom. The largest absolute Gasteiger partial charge is 0.330 e. The van der Waals surface area contributed by atoms with Crippen molar-refractivity contribution in [3.63, 3.8) is 0 Å². The van der Waals surface area contributed by atoms with Gasteiger partial charge in [-0.3, -0.25) is 0 Å². The van der Waals surface area contributed by atoms with Gasteiger partial charge in [0.25, 0.3) is 0 Å². The van der Waals surface area contributed by atoms with Crippen LogP contribution in [0.25, 0.3) is 5.65 Å². The molecular formula is C17H19N3S. The fourth-order valence-corrected chi connectivity index (χ4v) is 3.41. The molecule has 108 valence electrons. The third-order valence-electron chi connectivity index (χ3n) is 3.67. The molecule has 1 aromatic carbocycles. The van der Waals surface area contributed by atoms with Crippen LogP contribution in [0.3, 0.4) is 0 Å². The highest BCUT2D eigenvalue weighted by atomic mass is 32.2. The molecule has 0 saturated carbocycles. The van der Waals surface area contributed by atoms with Crippen molar-refractivity contribution < 1.29 is 0 Å². The van der Waals surface area contributed by atoms with Gasteiger partial charge in [0, 0.05) is 17.5 Å². The number of hydrogen-bond acceptors (Lipinski definition) is 3. The third kappa shape index (κ3) is 2.82. The van der Waals surface area contributed by atoms with Crippen molar-refractivity contribution in [2.45, 2.75) is 30.2 Å². The molecule has 0 spiro atoms. The highest BCUT2D eigenvalue weighted by Crippen LogP contribution is 2.31. The second kappa shape index (κ2) is 5.92. The number of pyridine rings is 1. The lowest BCUT2D eigenvalue weighted by atomic mass is 10.1. The summed E-state index contributed by atoms with van der Waals surface area (Å²) >= 11 is 1.72. The lowest BCUT2D eigenvalue weighted by Gasteiger charge is -2.05. The topological polar surface area (TPSA) is 43.3 Å². The summed E-state index contributed by atoms with van der Waals surface area (Å²) in [6.45, 7) is 4.90. The first-order chi connectivity index (χ1) is 10.2. The number of rotatable bonds is 4. The molecule has 0 aliphatic rings. The first-order valence-electron chi connectivity index (χ1n) is 7.10. The predicted octanol–water partition coefficient (Wildman–Crippen LogP) is 3.60. The van der Waals surface area contributed by atoms with E-state index < -0.39 is 0 Å². The Balaban J connectivity index is 2.02. The number of fused-ring (bicyclic) bond motifs is 1. The fraction of sp³-hybridized carbons (Fsp3) is 0.235. The highest BCUT2D eigenvalue weighted by Gasteiger charge is 2.12. The van der Waals surface area contributed by atoms with Crippen molar-refractivity contribution >= 4 is 17.4 Å². The highest BCUT2D eigenvalue weighted by molar-refractivity contribution is 7.99. The van der Waals surface area contributed by atoms with Crippen molar-refractivity contribution in [3.05, 3.63) is 59.4 Å². The maximum absolute atomic E-state index is 5.77. The molecule has 0 bridgehead atoms. The second-order valence-electron chi connectivity index (χ2n) is 5.18. The number of aromatic nitrogens is 2. The number of hydrogen-bond donors (Lipinski definition) is 1. The molecule has 21 heavy (non-hydrogen) atoms. The zero-order valence-electron chi connectivity index (χ0n) is 12.3. The molecule has 3 nitrogen and oxygen atoms in total. The maximum atomic E-state index is 5.77. The predicted molar refractivity (Wildman–Crippen MR) is 88.0 cm³/mol. The summed E-state index contributed by atoms with van der Waals surface area (Å²) in [6, 6.07) is 12.6. The van der Waals surface area contributed by atoms with Gasteiger partial charge in [0.2, 0.25) is 0 Å². The molecule has 0 aliphatic carbocycles. The van der Waals surface area contributed by atoms with E-state index >= 15 is 0 Å². The Hall–Kier alpha value is -1.78. The minimum absolute atomic E-state index is 0.628. The zero-order chi connectivity index (χ0) is 14.8. The number of nitrogens with zero attached hydrogens (tertiary/aromatic N) is 2. The molecule has 0 saturated heterocycles. The first-order valence-corrected chi connectivity index (χ1v) is 7.92. The average Bonchev–Trinajstić information content (AvgIpc) is 2.81. The number of aryl methyl sites for hydroxylation is 2. The van der Waals surface area contributed by atoms with Gasteiger partial charge in [0.15, 0.2) is 0 Å². The van der Waals surface area contributed by atoms with Crippen LogP contribution in [0.4, 0.5) is 0 Å². The number of benzene rings is 1. The van der Waals surface area contributed by atoms with E-state index in [4.69, 9.17) is 10.7 Å². The van der Waals surface area contributed by atoms with Crippen molar-refractivity contribution in [1.29, 1.82) is 0 Å². The maximum Gasteiger partial charge on any atom is 0.138 e. The minimum atomic E-state index is 0.628. The van der Waals surface area contributed by atoms with E-state index in [0.29, 0.717) is 6.54 Å². The third-order valence-corrected chi connectivity index (χ3v) is 4.68. The van der Waals surface area contributed by atoms with Crippen LogP contribution < -0.4 is 5.73 Å². The van der Waals surface area contributed by atoms with Gasteiger partial charge in [-0.1, -0.05) is 23.9 Å². The summed E-state index contributed by atoms with van der Waals surface area (Å²) in [5, 5.41) is 1.05. The zero-order valence-corrected chi connectivity index (χ0v) is 13.2. The Morgan fingerprint density at radius 3 is 2.76 bits per heavy atom. The first kappa shape index (κ1) is 14.2. The quantitative estimate of drug-likeness (QED) is 0.800. The molecule has 0 fully saturated rings. The summed E-state index contributed by atoms with van der Waals surface area (Å²) in [6.07, 6.45) is 2.89. The summed E-state index contributed by atoms with van der Waals surface area (Å²) < 4.78 is 2.14. The molecule has 2 aromatic heterocycles. The van der Waals surface area contributed by atoms with Gasteiger partial charge in [-0.2, -0.15) is 0 Å². The molecule has 2 N–H and O–H groups in total. The number of nitrogens with two attached hydrogens (primary N) is 1. The minimum Gasteiger partial charge on any atom is -0.330 e. The van der Waals surface area contributed by atoms with Gasteiger partial charge in [-0.15, -0.1) is 0 Å². The Bertz CT molecular complexity index is 777. The van der Waals surface area contributed by atoms with Crippen LogP contribution in [-0.4, -0.2) is 15.9 Å². The second-order valence-corrected chi connectivity index (χ2v) is 6.24. The fourth-order valence-electron chi connectivity index (χ4n) is 2.36. The Morgan fingerprint density at radius 1 is 1.14 bits per heavy atom. The van der Waals surface area contributed by atoms with Crippen LogP contribution in [0.5, 0.6) is 0 Å². The van der Waals surface area contributed by atoms with E-state index in [0.717, 1.165) is 17.1 Å². The van der Waals surface area contributed by atoms with Gasteiger partial charge in [-0.25, -0.2) is 4.98 Å². The molecule has 0 atom stereocenters. The molecule has 0 unspecified atom stereocenters. The van der Waals surface area contributed by atoms with Crippen LogP contribution in [0.2, 0.25) is 0 Å². The van der Waals surface area contributed by atoms with E-state index in [-0.39, 0.29) is 0 Å². The molecule has 0 amide bonds. The Kier molecular flexibility index (Phi) is 3.99. The summed E-state index contributed by atoms with van der Waals surface area (Å²) in [5.74, 6) is 0.